The lowest BCUT2D eigenvalue weighted by atomic mass is 10.2. The molecule has 0 saturated carbocycles. The van der Waals surface area contributed by atoms with Crippen molar-refractivity contribution in [2.24, 2.45) is 0 Å². The quantitative estimate of drug-likeness (QED) is 0.392. The van der Waals surface area contributed by atoms with E-state index in [1.807, 2.05) is 24.3 Å². The maximum absolute atomic E-state index is 11.9. The van der Waals surface area contributed by atoms with Gasteiger partial charge in [-0.05, 0) is 46.4 Å². The minimum Gasteiger partial charge on any atom is -0.303 e. The molecule has 1 aliphatic rings. The number of rotatable bonds is 3. The number of nitrogens with zero attached hydrogens (tertiary/aromatic N) is 1. The van der Waals surface area contributed by atoms with Crippen LogP contribution in [0.5, 0.6) is 0 Å². The lowest BCUT2D eigenvalue weighted by molar-refractivity contribution is -0.122. The van der Waals surface area contributed by atoms with Crippen LogP contribution in [0.2, 0.25) is 0 Å². The van der Waals surface area contributed by atoms with E-state index in [0.717, 1.165) is 14.0 Å². The highest BCUT2D eigenvalue weighted by atomic mass is 127. The fourth-order valence-corrected chi connectivity index (χ4v) is 1.95. The number of carbonyl (C=O) groups excluding carboxylic acids is 2. The van der Waals surface area contributed by atoms with Crippen molar-refractivity contribution in [2.75, 3.05) is 6.54 Å². The summed E-state index contributed by atoms with van der Waals surface area (Å²) in [6.07, 6.45) is 3.19. The summed E-state index contributed by atoms with van der Waals surface area (Å²) in [5.74, 6) is -0.321. The van der Waals surface area contributed by atoms with Gasteiger partial charge in [-0.25, -0.2) is 4.79 Å². The van der Waals surface area contributed by atoms with Gasteiger partial charge >= 0.3 is 6.03 Å². The second-order valence-corrected chi connectivity index (χ2v) is 4.99. The monoisotopic (exact) mass is 354 g/mol. The second-order valence-electron chi connectivity index (χ2n) is 3.74. The largest absolute Gasteiger partial charge is 0.329 e. The van der Waals surface area contributed by atoms with E-state index in [-0.39, 0.29) is 12.5 Å². The molecule has 1 N–H and O–H groups in total. The summed E-state index contributed by atoms with van der Waals surface area (Å²) in [6.45, 7) is 3.73. The molecule has 0 unspecified atom stereocenters. The average molecular weight is 354 g/mol. The van der Waals surface area contributed by atoms with Crippen molar-refractivity contribution in [1.29, 1.82) is 0 Å². The van der Waals surface area contributed by atoms with Crippen LogP contribution in [0.25, 0.3) is 6.08 Å². The van der Waals surface area contributed by atoms with Crippen LogP contribution < -0.4 is 5.32 Å². The van der Waals surface area contributed by atoms with Crippen molar-refractivity contribution < 1.29 is 9.59 Å². The van der Waals surface area contributed by atoms with Gasteiger partial charge in [0, 0.05) is 10.1 Å². The third-order valence-electron chi connectivity index (χ3n) is 2.45. The van der Waals surface area contributed by atoms with Gasteiger partial charge in [0.25, 0.3) is 5.91 Å². The molecule has 1 fully saturated rings. The topological polar surface area (TPSA) is 49.4 Å². The van der Waals surface area contributed by atoms with E-state index in [1.165, 1.54) is 6.08 Å². The van der Waals surface area contributed by atoms with Gasteiger partial charge < -0.3 is 5.32 Å². The highest BCUT2D eigenvalue weighted by Crippen LogP contribution is 2.15. The van der Waals surface area contributed by atoms with Gasteiger partial charge in [0.15, 0.2) is 0 Å². The molecule has 4 nitrogen and oxygen atoms in total. The van der Waals surface area contributed by atoms with E-state index in [1.54, 1.807) is 6.08 Å². The molecular weight excluding hydrogens is 343 g/mol. The van der Waals surface area contributed by atoms with E-state index >= 15 is 0 Å². The number of hydrogen-bond donors (Lipinski definition) is 1. The Morgan fingerprint density at radius 3 is 2.56 bits per heavy atom. The molecule has 18 heavy (non-hydrogen) atoms. The highest BCUT2D eigenvalue weighted by Gasteiger charge is 2.32. The first-order valence-corrected chi connectivity index (χ1v) is 6.40. The number of urea groups is 1. The fraction of sp³-hybridized carbons (Fsp3) is 0.0769. The van der Waals surface area contributed by atoms with Crippen LogP contribution >= 0.6 is 22.6 Å². The zero-order chi connectivity index (χ0) is 13.1. The summed E-state index contributed by atoms with van der Waals surface area (Å²) < 4.78 is 1.12. The summed E-state index contributed by atoms with van der Waals surface area (Å²) in [5, 5.41) is 2.55. The first-order valence-electron chi connectivity index (χ1n) is 5.33. The molecule has 0 spiro atoms. The van der Waals surface area contributed by atoms with E-state index in [9.17, 15) is 9.59 Å². The van der Waals surface area contributed by atoms with Crippen molar-refractivity contribution in [3.8, 4) is 0 Å². The van der Waals surface area contributed by atoms with Crippen LogP contribution in [0, 0.1) is 3.57 Å². The lowest BCUT2D eigenvalue weighted by Crippen LogP contribution is -2.30. The molecule has 92 valence electrons. The Morgan fingerprint density at radius 1 is 1.28 bits per heavy atom. The van der Waals surface area contributed by atoms with E-state index in [0.29, 0.717) is 5.70 Å². The highest BCUT2D eigenvalue weighted by molar-refractivity contribution is 14.1. The van der Waals surface area contributed by atoms with Crippen LogP contribution in [0.1, 0.15) is 5.56 Å². The molecule has 2 rings (SSSR count). The first-order chi connectivity index (χ1) is 8.61. The summed E-state index contributed by atoms with van der Waals surface area (Å²) in [7, 11) is 0. The Labute approximate surface area is 118 Å². The SMILES string of the molecule is C=CCN1C(=O)N/C(=C\c2ccc(I)cc2)C1=O. The van der Waals surface area contributed by atoms with Gasteiger partial charge in [-0.3, -0.25) is 9.69 Å². The molecule has 3 amide bonds. The Bertz CT molecular complexity index is 534. The number of carbonyl (C=O) groups is 2. The van der Waals surface area contributed by atoms with Crippen LogP contribution in [0.15, 0.2) is 42.6 Å². The van der Waals surface area contributed by atoms with E-state index in [4.69, 9.17) is 0 Å². The first kappa shape index (κ1) is 12.8. The number of benzene rings is 1. The van der Waals surface area contributed by atoms with Crippen molar-refractivity contribution in [3.05, 3.63) is 51.8 Å². The number of halogens is 1. The molecule has 5 heteroatoms. The molecule has 0 bridgehead atoms. The molecule has 0 radical (unpaired) electrons. The van der Waals surface area contributed by atoms with E-state index < -0.39 is 6.03 Å². The summed E-state index contributed by atoms with van der Waals surface area (Å²) in [5.41, 5.74) is 1.17. The number of amides is 3. The Kier molecular flexibility index (Phi) is 3.81. The van der Waals surface area contributed by atoms with Gasteiger partial charge in [-0.15, -0.1) is 6.58 Å². The normalized spacial score (nSPS) is 17.2. The average Bonchev–Trinajstić information content (AvgIpc) is 2.60. The molecule has 0 aromatic heterocycles. The third-order valence-corrected chi connectivity index (χ3v) is 3.17. The Hall–Kier alpha value is -1.63. The summed E-state index contributed by atoms with van der Waals surface area (Å²) >= 11 is 2.21. The molecule has 0 atom stereocenters. The van der Waals surface area contributed by atoms with Crippen LogP contribution in [0.4, 0.5) is 4.79 Å². The van der Waals surface area contributed by atoms with Crippen LogP contribution in [0.3, 0.4) is 0 Å². The molecule has 1 aromatic rings. The van der Waals surface area contributed by atoms with Crippen molar-refractivity contribution in [1.82, 2.24) is 10.2 Å². The lowest BCUT2D eigenvalue weighted by Gasteiger charge is -2.06. The van der Waals surface area contributed by atoms with Crippen LogP contribution in [-0.4, -0.2) is 23.4 Å². The zero-order valence-electron chi connectivity index (χ0n) is 9.52. The van der Waals surface area contributed by atoms with Gasteiger partial charge in [0.1, 0.15) is 5.70 Å². The fourth-order valence-electron chi connectivity index (χ4n) is 1.59. The number of nitrogens with one attached hydrogen (secondary N) is 1. The molecule has 1 aromatic carbocycles. The van der Waals surface area contributed by atoms with Crippen molar-refractivity contribution in [2.45, 2.75) is 0 Å². The summed E-state index contributed by atoms with van der Waals surface area (Å²) in [4.78, 5) is 24.6. The second kappa shape index (κ2) is 5.34. The zero-order valence-corrected chi connectivity index (χ0v) is 11.7. The molecule has 1 heterocycles. The molecule has 1 saturated heterocycles. The maximum atomic E-state index is 11.9. The summed E-state index contributed by atoms with van der Waals surface area (Å²) in [6, 6.07) is 7.26. The van der Waals surface area contributed by atoms with Gasteiger partial charge in [0.05, 0.1) is 0 Å². The predicted octanol–water partition coefficient (Wildman–Crippen LogP) is 2.37. The van der Waals surface area contributed by atoms with Gasteiger partial charge in [-0.2, -0.15) is 0 Å². The molecule has 0 aliphatic carbocycles. The van der Waals surface area contributed by atoms with Gasteiger partial charge in [-0.1, -0.05) is 18.2 Å². The predicted molar refractivity (Wildman–Crippen MR) is 77.6 cm³/mol. The molecular formula is C13H11IN2O2. The Morgan fingerprint density at radius 2 is 1.94 bits per heavy atom. The van der Waals surface area contributed by atoms with Gasteiger partial charge in [0.2, 0.25) is 0 Å². The minimum absolute atomic E-state index is 0.217. The molecule has 1 aliphatic heterocycles. The smallest absolute Gasteiger partial charge is 0.303 e. The number of hydrogen-bond acceptors (Lipinski definition) is 2. The number of imide groups is 1. The van der Waals surface area contributed by atoms with Crippen molar-refractivity contribution >= 4 is 40.6 Å². The van der Waals surface area contributed by atoms with Crippen LogP contribution in [-0.2, 0) is 4.79 Å². The third kappa shape index (κ3) is 2.61. The Balaban J connectivity index is 2.24. The standard InChI is InChI=1S/C13H11IN2O2/c1-2-7-16-12(17)11(15-13(16)18)8-9-3-5-10(14)6-4-9/h2-6,8H,1,7H2,(H,15,18)/b11-8-. The van der Waals surface area contributed by atoms with Crippen molar-refractivity contribution in [3.63, 3.8) is 0 Å². The minimum atomic E-state index is -0.406. The van der Waals surface area contributed by atoms with E-state index in [2.05, 4.69) is 34.5 Å². The maximum Gasteiger partial charge on any atom is 0.329 e.